The Morgan fingerprint density at radius 3 is 2.08 bits per heavy atom. The number of anilines is 1. The van der Waals surface area contributed by atoms with Gasteiger partial charge in [0.15, 0.2) is 0 Å². The molecule has 6 rings (SSSR count). The average molecular weight is 556 g/mol. The molecule has 0 unspecified atom stereocenters. The third-order valence-electron chi connectivity index (χ3n) is 9.20. The molecule has 7 nitrogen and oxygen atoms in total. The fourth-order valence-electron chi connectivity index (χ4n) is 7.66. The number of likely N-dealkylation sites (N-methyl/N-ethyl adjacent to an activating group) is 1. The van der Waals surface area contributed by atoms with Crippen LogP contribution < -0.4 is 9.62 Å². The van der Waals surface area contributed by atoms with Crippen LogP contribution in [0.25, 0.3) is 0 Å². The molecule has 4 bridgehead atoms. The van der Waals surface area contributed by atoms with Crippen molar-refractivity contribution in [1.29, 1.82) is 0 Å². The largest absolute Gasteiger partial charge is 0.357 e. The highest BCUT2D eigenvalue weighted by molar-refractivity contribution is 7.92. The van der Waals surface area contributed by atoms with E-state index in [1.807, 2.05) is 12.1 Å². The number of nitrogens with zero attached hydrogens (tertiary/aromatic N) is 2. The SMILES string of the molecule is CNC(=O)[C@@H](C)N(Cc1ccccc1F)C(=O)CN(c1ccc(C23CC4CC(CC(C4)C2)C3)cc1)S(C)(=O)=O. The predicted molar refractivity (Wildman–Crippen MR) is 149 cm³/mol. The lowest BCUT2D eigenvalue weighted by atomic mass is 9.48. The summed E-state index contributed by atoms with van der Waals surface area (Å²) in [5, 5.41) is 2.52. The zero-order valence-corrected chi connectivity index (χ0v) is 23.7. The van der Waals surface area contributed by atoms with Crippen LogP contribution in [0.1, 0.15) is 56.6 Å². The monoisotopic (exact) mass is 555 g/mol. The second-order valence-electron chi connectivity index (χ2n) is 11.9. The van der Waals surface area contributed by atoms with E-state index in [9.17, 15) is 22.4 Å². The zero-order chi connectivity index (χ0) is 27.9. The van der Waals surface area contributed by atoms with Crippen LogP contribution in [-0.4, -0.2) is 51.0 Å². The number of hydrogen-bond acceptors (Lipinski definition) is 4. The molecule has 0 saturated heterocycles. The molecule has 4 fully saturated rings. The number of carbonyl (C=O) groups excluding carboxylic acids is 2. The molecule has 4 aliphatic rings. The first-order chi connectivity index (χ1) is 18.5. The van der Waals surface area contributed by atoms with Crippen LogP contribution in [0, 0.1) is 23.6 Å². The van der Waals surface area contributed by atoms with Gasteiger partial charge in [-0.25, -0.2) is 12.8 Å². The summed E-state index contributed by atoms with van der Waals surface area (Å²) in [5.41, 5.74) is 2.09. The molecule has 0 heterocycles. The van der Waals surface area contributed by atoms with Gasteiger partial charge in [-0.15, -0.1) is 0 Å². The van der Waals surface area contributed by atoms with Crippen molar-refractivity contribution in [3.05, 3.63) is 65.5 Å². The molecule has 0 aromatic heterocycles. The Labute approximate surface area is 230 Å². The standard InChI is InChI=1S/C30H38FN3O4S/c1-20(29(36)32-2)33(18-24-6-4-5-7-27(24)31)28(35)19-34(39(3,37)38)26-10-8-25(9-11-26)30-15-21-12-22(16-30)14-23(13-21)17-30/h4-11,20-23H,12-19H2,1-3H3,(H,32,36)/t20-,21?,22?,23?,30?/m1/s1. The van der Waals surface area contributed by atoms with Crippen LogP contribution in [0.15, 0.2) is 48.5 Å². The molecule has 2 aromatic carbocycles. The molecular weight excluding hydrogens is 517 g/mol. The Morgan fingerprint density at radius 2 is 1.56 bits per heavy atom. The van der Waals surface area contributed by atoms with E-state index < -0.39 is 40.2 Å². The molecule has 2 amide bonds. The van der Waals surface area contributed by atoms with Crippen molar-refractivity contribution >= 4 is 27.5 Å². The predicted octanol–water partition coefficient (Wildman–Crippen LogP) is 4.22. The van der Waals surface area contributed by atoms with Crippen molar-refractivity contribution in [1.82, 2.24) is 10.2 Å². The first kappa shape index (κ1) is 27.6. The van der Waals surface area contributed by atoms with Crippen LogP contribution in [0.5, 0.6) is 0 Å². The Hall–Kier alpha value is -2.94. The van der Waals surface area contributed by atoms with E-state index in [2.05, 4.69) is 5.32 Å². The molecule has 1 N–H and O–H groups in total. The zero-order valence-electron chi connectivity index (χ0n) is 22.9. The van der Waals surface area contributed by atoms with Crippen LogP contribution in [0.3, 0.4) is 0 Å². The molecule has 9 heteroatoms. The minimum atomic E-state index is -3.83. The molecule has 0 radical (unpaired) electrons. The van der Waals surface area contributed by atoms with Gasteiger partial charge in [0.25, 0.3) is 0 Å². The fourth-order valence-corrected chi connectivity index (χ4v) is 8.51. The maximum absolute atomic E-state index is 14.4. The molecule has 4 saturated carbocycles. The van der Waals surface area contributed by atoms with Crippen molar-refractivity contribution in [3.8, 4) is 0 Å². The molecule has 210 valence electrons. The van der Waals surface area contributed by atoms with Gasteiger partial charge in [-0.3, -0.25) is 13.9 Å². The number of hydrogen-bond donors (Lipinski definition) is 1. The minimum Gasteiger partial charge on any atom is -0.357 e. The number of rotatable bonds is 9. The summed E-state index contributed by atoms with van der Waals surface area (Å²) in [5.74, 6) is 0.867. The van der Waals surface area contributed by atoms with E-state index >= 15 is 0 Å². The van der Waals surface area contributed by atoms with Gasteiger partial charge in [-0.1, -0.05) is 30.3 Å². The first-order valence-electron chi connectivity index (χ1n) is 13.8. The summed E-state index contributed by atoms with van der Waals surface area (Å²) in [7, 11) is -2.37. The van der Waals surface area contributed by atoms with E-state index in [1.54, 1.807) is 37.3 Å². The Kier molecular flexibility index (Phi) is 7.48. The quantitative estimate of drug-likeness (QED) is 0.502. The Morgan fingerprint density at radius 1 is 1.00 bits per heavy atom. The maximum Gasteiger partial charge on any atom is 0.244 e. The normalized spacial score (nSPS) is 26.2. The van der Waals surface area contributed by atoms with E-state index in [0.29, 0.717) is 5.69 Å². The fraction of sp³-hybridized carbons (Fsp3) is 0.533. The summed E-state index contributed by atoms with van der Waals surface area (Å²) in [6.07, 6.45) is 8.72. The summed E-state index contributed by atoms with van der Waals surface area (Å²) >= 11 is 0. The molecule has 2 aromatic rings. The van der Waals surface area contributed by atoms with Crippen LogP contribution in [0.4, 0.5) is 10.1 Å². The van der Waals surface area contributed by atoms with E-state index in [1.165, 1.54) is 62.1 Å². The number of benzene rings is 2. The molecule has 39 heavy (non-hydrogen) atoms. The van der Waals surface area contributed by atoms with Crippen molar-refractivity contribution in [3.63, 3.8) is 0 Å². The number of amides is 2. The van der Waals surface area contributed by atoms with E-state index in [4.69, 9.17) is 0 Å². The molecule has 4 aliphatic carbocycles. The highest BCUT2D eigenvalue weighted by Gasteiger charge is 2.51. The van der Waals surface area contributed by atoms with Crippen LogP contribution in [0.2, 0.25) is 0 Å². The Bertz CT molecular complexity index is 1310. The van der Waals surface area contributed by atoms with Crippen molar-refractivity contribution in [2.24, 2.45) is 17.8 Å². The summed E-state index contributed by atoms with van der Waals surface area (Å²) in [6.45, 7) is 0.886. The van der Waals surface area contributed by atoms with Crippen LogP contribution in [-0.2, 0) is 31.6 Å². The number of halogens is 1. The minimum absolute atomic E-state index is 0.164. The number of nitrogens with one attached hydrogen (secondary N) is 1. The third-order valence-corrected chi connectivity index (χ3v) is 10.3. The Balaban J connectivity index is 1.39. The van der Waals surface area contributed by atoms with Gasteiger partial charge in [0.05, 0.1) is 11.9 Å². The van der Waals surface area contributed by atoms with Gasteiger partial charge in [0.2, 0.25) is 21.8 Å². The van der Waals surface area contributed by atoms with Gasteiger partial charge >= 0.3 is 0 Å². The summed E-state index contributed by atoms with van der Waals surface area (Å²) in [6, 6.07) is 12.8. The van der Waals surface area contributed by atoms with Gasteiger partial charge < -0.3 is 10.2 Å². The van der Waals surface area contributed by atoms with Crippen molar-refractivity contribution in [2.75, 3.05) is 24.2 Å². The van der Waals surface area contributed by atoms with Crippen molar-refractivity contribution < 1.29 is 22.4 Å². The highest BCUT2D eigenvalue weighted by Crippen LogP contribution is 2.60. The molecule has 0 aliphatic heterocycles. The first-order valence-corrected chi connectivity index (χ1v) is 15.7. The maximum atomic E-state index is 14.4. The second-order valence-corrected chi connectivity index (χ2v) is 13.8. The topological polar surface area (TPSA) is 86.8 Å². The second kappa shape index (κ2) is 10.6. The summed E-state index contributed by atoms with van der Waals surface area (Å²) in [4.78, 5) is 27.2. The van der Waals surface area contributed by atoms with Crippen molar-refractivity contribution in [2.45, 2.75) is 63.5 Å². The lowest BCUT2D eigenvalue weighted by Gasteiger charge is -2.57. The van der Waals surface area contributed by atoms with Crippen LogP contribution >= 0.6 is 0 Å². The lowest BCUT2D eigenvalue weighted by Crippen LogP contribution is -2.50. The molecule has 1 atom stereocenters. The lowest BCUT2D eigenvalue weighted by molar-refractivity contribution is -0.139. The van der Waals surface area contributed by atoms with E-state index in [0.717, 1.165) is 28.3 Å². The molecule has 0 spiro atoms. The van der Waals surface area contributed by atoms with E-state index in [-0.39, 0.29) is 17.5 Å². The molecular formula is C30H38FN3O4S. The smallest absolute Gasteiger partial charge is 0.244 e. The highest BCUT2D eigenvalue weighted by atomic mass is 32.2. The third kappa shape index (κ3) is 5.55. The number of sulfonamides is 1. The van der Waals surface area contributed by atoms with Gasteiger partial charge in [-0.2, -0.15) is 0 Å². The average Bonchev–Trinajstić information content (AvgIpc) is 2.89. The van der Waals surface area contributed by atoms with Gasteiger partial charge in [0.1, 0.15) is 18.4 Å². The number of carbonyl (C=O) groups is 2. The summed E-state index contributed by atoms with van der Waals surface area (Å²) < 4.78 is 41.3. The van der Waals surface area contributed by atoms with Gasteiger partial charge in [0, 0.05) is 19.2 Å². The van der Waals surface area contributed by atoms with Gasteiger partial charge in [-0.05, 0) is 92.4 Å².